The van der Waals surface area contributed by atoms with Crippen LogP contribution in [0.2, 0.25) is 0 Å². The van der Waals surface area contributed by atoms with Crippen molar-refractivity contribution in [1.82, 2.24) is 0 Å². The van der Waals surface area contributed by atoms with Gasteiger partial charge in [-0.25, -0.2) is 0 Å². The maximum absolute atomic E-state index is 5.95. The topological polar surface area (TPSA) is 38.0 Å². The van der Waals surface area contributed by atoms with Gasteiger partial charge in [-0.05, 0) is 48.1 Å². The predicted molar refractivity (Wildman–Crippen MR) is 91.6 cm³/mol. The Hall–Kier alpha value is -1.80. The summed E-state index contributed by atoms with van der Waals surface area (Å²) in [5.41, 5.74) is 11.0. The van der Waals surface area contributed by atoms with Gasteiger partial charge in [0.15, 0.2) is 0 Å². The van der Waals surface area contributed by atoms with E-state index < -0.39 is 0 Å². The number of nitrogens with one attached hydrogen (secondary N) is 1. The van der Waals surface area contributed by atoms with Gasteiger partial charge in [0.1, 0.15) is 0 Å². The number of benzene rings is 2. The molecule has 0 radical (unpaired) electrons. The minimum absolute atomic E-state index is 0.153. The molecule has 2 rings (SSSR count). The van der Waals surface area contributed by atoms with Gasteiger partial charge in [-0.3, -0.25) is 0 Å². The zero-order valence-electron chi connectivity index (χ0n) is 13.3. The summed E-state index contributed by atoms with van der Waals surface area (Å²) in [6, 6.07) is 17.4. The van der Waals surface area contributed by atoms with Crippen LogP contribution in [0.5, 0.6) is 0 Å². The Morgan fingerprint density at radius 1 is 1.05 bits per heavy atom. The van der Waals surface area contributed by atoms with Crippen molar-refractivity contribution in [3.05, 3.63) is 65.2 Å². The van der Waals surface area contributed by atoms with Gasteiger partial charge >= 0.3 is 0 Å². The third-order valence-electron chi connectivity index (χ3n) is 3.62. The molecule has 21 heavy (non-hydrogen) atoms. The van der Waals surface area contributed by atoms with E-state index in [1.807, 2.05) is 0 Å². The van der Waals surface area contributed by atoms with E-state index in [0.29, 0.717) is 12.5 Å². The zero-order chi connectivity index (χ0) is 15.2. The molecule has 1 atom stereocenters. The molecule has 0 aromatic heterocycles. The van der Waals surface area contributed by atoms with Gasteiger partial charge in [-0.1, -0.05) is 50.2 Å². The highest BCUT2D eigenvalue weighted by molar-refractivity contribution is 5.47. The number of anilines is 1. The average Bonchev–Trinajstić information content (AvgIpc) is 2.45. The predicted octanol–water partition coefficient (Wildman–Crippen LogP) is 4.31. The van der Waals surface area contributed by atoms with Crippen LogP contribution in [0, 0.1) is 12.8 Å². The molecule has 0 aliphatic rings. The number of nitrogens with two attached hydrogens (primary N) is 1. The fourth-order valence-corrected chi connectivity index (χ4v) is 2.57. The Labute approximate surface area is 128 Å². The fraction of sp³-hybridized carbons (Fsp3) is 0.368. The van der Waals surface area contributed by atoms with Gasteiger partial charge in [0, 0.05) is 12.2 Å². The molecule has 0 saturated heterocycles. The summed E-state index contributed by atoms with van der Waals surface area (Å²) in [5.74, 6) is 0.687. The van der Waals surface area contributed by atoms with E-state index in [1.54, 1.807) is 0 Å². The molecule has 0 amide bonds. The largest absolute Gasteiger partial charge is 0.377 e. The van der Waals surface area contributed by atoms with E-state index in [2.05, 4.69) is 74.6 Å². The molecule has 3 N–H and O–H groups in total. The summed E-state index contributed by atoms with van der Waals surface area (Å²) < 4.78 is 0. The number of aryl methyl sites for hydroxylation is 1. The van der Waals surface area contributed by atoms with Gasteiger partial charge < -0.3 is 11.1 Å². The van der Waals surface area contributed by atoms with Crippen LogP contribution in [0.15, 0.2) is 48.5 Å². The first-order valence-corrected chi connectivity index (χ1v) is 7.70. The molecular formula is C19H26N2. The normalized spacial score (nSPS) is 12.4. The number of rotatable bonds is 6. The van der Waals surface area contributed by atoms with Crippen molar-refractivity contribution in [2.45, 2.75) is 33.2 Å². The molecule has 0 aliphatic carbocycles. The molecule has 2 aromatic rings. The van der Waals surface area contributed by atoms with Crippen LogP contribution >= 0.6 is 0 Å². The zero-order valence-corrected chi connectivity index (χ0v) is 13.3. The Morgan fingerprint density at radius 2 is 1.76 bits per heavy atom. The fourth-order valence-electron chi connectivity index (χ4n) is 2.57. The van der Waals surface area contributed by atoms with E-state index in [4.69, 9.17) is 5.73 Å². The van der Waals surface area contributed by atoms with E-state index in [9.17, 15) is 0 Å². The lowest BCUT2D eigenvalue weighted by atomic mass is 9.99. The molecule has 2 nitrogen and oxygen atoms in total. The molecular weight excluding hydrogens is 256 g/mol. The van der Waals surface area contributed by atoms with Gasteiger partial charge in [0.2, 0.25) is 0 Å². The first-order chi connectivity index (χ1) is 10.1. The van der Waals surface area contributed by atoms with Crippen molar-refractivity contribution in [1.29, 1.82) is 0 Å². The first kappa shape index (κ1) is 15.6. The second kappa shape index (κ2) is 7.28. The monoisotopic (exact) mass is 282 g/mol. The SMILES string of the molecule is Cc1cccc(NC(CN)c2ccc(CC(C)C)cc2)c1. The standard InChI is InChI=1S/C19H26N2/c1-14(2)11-16-7-9-17(10-8-16)19(13-20)21-18-6-4-5-15(3)12-18/h4-10,12,14,19,21H,11,13,20H2,1-3H3. The second-order valence-electron chi connectivity index (χ2n) is 6.14. The Bertz CT molecular complexity index is 558. The van der Waals surface area contributed by atoms with Crippen molar-refractivity contribution in [2.75, 3.05) is 11.9 Å². The van der Waals surface area contributed by atoms with Gasteiger partial charge in [0.25, 0.3) is 0 Å². The Kier molecular flexibility index (Phi) is 5.40. The highest BCUT2D eigenvalue weighted by Gasteiger charge is 2.09. The Morgan fingerprint density at radius 3 is 2.33 bits per heavy atom. The van der Waals surface area contributed by atoms with Gasteiger partial charge in [0.05, 0.1) is 6.04 Å². The summed E-state index contributed by atoms with van der Waals surface area (Å²) in [5, 5.41) is 3.52. The minimum atomic E-state index is 0.153. The van der Waals surface area contributed by atoms with Crippen LogP contribution in [0.1, 0.15) is 36.6 Å². The van der Waals surface area contributed by atoms with Crippen molar-refractivity contribution >= 4 is 5.69 Å². The summed E-state index contributed by atoms with van der Waals surface area (Å²) in [7, 11) is 0. The van der Waals surface area contributed by atoms with Gasteiger partial charge in [-0.15, -0.1) is 0 Å². The van der Waals surface area contributed by atoms with Crippen LogP contribution in [0.3, 0.4) is 0 Å². The first-order valence-electron chi connectivity index (χ1n) is 7.70. The minimum Gasteiger partial charge on any atom is -0.377 e. The smallest absolute Gasteiger partial charge is 0.0636 e. The van der Waals surface area contributed by atoms with Crippen LogP contribution in [0.25, 0.3) is 0 Å². The van der Waals surface area contributed by atoms with Crippen LogP contribution < -0.4 is 11.1 Å². The molecule has 112 valence electrons. The van der Waals surface area contributed by atoms with E-state index in [0.717, 1.165) is 12.1 Å². The molecule has 0 bridgehead atoms. The van der Waals surface area contributed by atoms with Crippen molar-refractivity contribution < 1.29 is 0 Å². The number of hydrogen-bond donors (Lipinski definition) is 2. The van der Waals surface area contributed by atoms with Crippen LogP contribution in [-0.4, -0.2) is 6.54 Å². The lowest BCUT2D eigenvalue weighted by Gasteiger charge is -2.19. The van der Waals surface area contributed by atoms with Gasteiger partial charge in [-0.2, -0.15) is 0 Å². The molecule has 1 unspecified atom stereocenters. The average molecular weight is 282 g/mol. The molecule has 2 aromatic carbocycles. The molecule has 0 spiro atoms. The lowest BCUT2D eigenvalue weighted by molar-refractivity contribution is 0.647. The van der Waals surface area contributed by atoms with E-state index >= 15 is 0 Å². The number of hydrogen-bond acceptors (Lipinski definition) is 2. The lowest BCUT2D eigenvalue weighted by Crippen LogP contribution is -2.20. The summed E-state index contributed by atoms with van der Waals surface area (Å²) in [6.07, 6.45) is 1.12. The van der Waals surface area contributed by atoms with E-state index in [-0.39, 0.29) is 6.04 Å². The third kappa shape index (κ3) is 4.61. The Balaban J connectivity index is 2.10. The van der Waals surface area contributed by atoms with E-state index in [1.165, 1.54) is 16.7 Å². The molecule has 0 fully saturated rings. The molecule has 0 aliphatic heterocycles. The quantitative estimate of drug-likeness (QED) is 0.828. The van der Waals surface area contributed by atoms with Crippen LogP contribution in [-0.2, 0) is 6.42 Å². The maximum atomic E-state index is 5.95. The van der Waals surface area contributed by atoms with Crippen LogP contribution in [0.4, 0.5) is 5.69 Å². The third-order valence-corrected chi connectivity index (χ3v) is 3.62. The highest BCUT2D eigenvalue weighted by atomic mass is 14.9. The maximum Gasteiger partial charge on any atom is 0.0636 e. The van der Waals surface area contributed by atoms with Crippen molar-refractivity contribution in [2.24, 2.45) is 11.7 Å². The molecule has 2 heteroatoms. The summed E-state index contributed by atoms with van der Waals surface area (Å²) >= 11 is 0. The van der Waals surface area contributed by atoms with Crippen molar-refractivity contribution in [3.8, 4) is 0 Å². The molecule has 0 heterocycles. The second-order valence-corrected chi connectivity index (χ2v) is 6.14. The molecule has 0 saturated carbocycles. The van der Waals surface area contributed by atoms with Crippen molar-refractivity contribution in [3.63, 3.8) is 0 Å². The summed E-state index contributed by atoms with van der Waals surface area (Å²) in [4.78, 5) is 0. The summed E-state index contributed by atoms with van der Waals surface area (Å²) in [6.45, 7) is 7.17. The highest BCUT2D eigenvalue weighted by Crippen LogP contribution is 2.20.